The van der Waals surface area contributed by atoms with E-state index in [2.05, 4.69) is 0 Å². The van der Waals surface area contributed by atoms with Gasteiger partial charge in [-0.3, -0.25) is 30.3 Å². The van der Waals surface area contributed by atoms with Crippen LogP contribution in [0.25, 0.3) is 0 Å². The van der Waals surface area contributed by atoms with Gasteiger partial charge in [0.15, 0.2) is 21.2 Å². The van der Waals surface area contributed by atoms with Crippen molar-refractivity contribution in [2.24, 2.45) is 0 Å². The van der Waals surface area contributed by atoms with Gasteiger partial charge >= 0.3 is 5.79 Å². The Morgan fingerprint density at radius 3 is 1.60 bits per heavy atom. The van der Waals surface area contributed by atoms with Crippen LogP contribution in [0.2, 0.25) is 0 Å². The van der Waals surface area contributed by atoms with Gasteiger partial charge in [-0.2, -0.15) is 0 Å². The minimum atomic E-state index is -3.28. The molecule has 0 saturated heterocycles. The minimum absolute atomic E-state index is 0.0828. The summed E-state index contributed by atoms with van der Waals surface area (Å²) in [5.74, 6) is -3.28. The fourth-order valence-electron chi connectivity index (χ4n) is 1.09. The quantitative estimate of drug-likeness (QED) is 0.273. The molecule has 0 aromatic rings. The molecule has 0 aliphatic carbocycles. The first-order valence-electron chi connectivity index (χ1n) is 4.33. The molecule has 0 aromatic carbocycles. The second kappa shape index (κ2) is 5.17. The lowest BCUT2D eigenvalue weighted by atomic mass is 10.1. The summed E-state index contributed by atoms with van der Waals surface area (Å²) in [5.41, 5.74) is 0. The Morgan fingerprint density at radius 1 is 0.933 bits per heavy atom. The Bertz CT molecular complexity index is 242. The lowest BCUT2D eigenvalue weighted by Gasteiger charge is -2.08. The third-order valence-corrected chi connectivity index (χ3v) is 1.99. The van der Waals surface area contributed by atoms with Gasteiger partial charge in [0.25, 0.3) is 0 Å². The van der Waals surface area contributed by atoms with Crippen molar-refractivity contribution in [2.75, 3.05) is 0 Å². The molecule has 0 rings (SSSR count). The summed E-state index contributed by atoms with van der Waals surface area (Å²) in [6.07, 6.45) is 0.549. The first-order valence-corrected chi connectivity index (χ1v) is 4.33. The molecule has 0 atom stereocenters. The smallest absolute Gasteiger partial charge is 0.253 e. The first-order chi connectivity index (χ1) is 6.89. The molecule has 9 heteroatoms. The predicted molar refractivity (Wildman–Crippen MR) is 47.9 cm³/mol. The molecule has 0 aromatic heterocycles. The maximum Gasteiger partial charge on any atom is 0.699 e. The van der Waals surface area contributed by atoms with Gasteiger partial charge < -0.3 is 0 Å². The molecule has 15 heavy (non-hydrogen) atoms. The van der Waals surface area contributed by atoms with Gasteiger partial charge in [-0.05, 0) is 6.42 Å². The molecule has 0 aliphatic heterocycles. The van der Waals surface area contributed by atoms with Crippen molar-refractivity contribution >= 4 is 0 Å². The van der Waals surface area contributed by atoms with Gasteiger partial charge in [-0.25, -0.2) is 0 Å². The van der Waals surface area contributed by atoms with Crippen LogP contribution in [-0.4, -0.2) is 20.6 Å². The Morgan fingerprint density at radius 2 is 1.33 bits per heavy atom. The zero-order chi connectivity index (χ0) is 12.1. The molecule has 0 N–H and O–H groups in total. The van der Waals surface area contributed by atoms with E-state index in [0.717, 1.165) is 0 Å². The molecule has 0 amide bonds. The highest BCUT2D eigenvalue weighted by molar-refractivity contribution is 4.54. The van der Waals surface area contributed by atoms with Crippen LogP contribution in [0, 0.1) is 30.3 Å². The molecule has 0 heterocycles. The van der Waals surface area contributed by atoms with Crippen molar-refractivity contribution in [3.8, 4) is 0 Å². The molecule has 0 spiro atoms. The molecular weight excluding hydrogens is 210 g/mol. The van der Waals surface area contributed by atoms with E-state index in [1.807, 2.05) is 0 Å². The number of hydrogen-bond acceptors (Lipinski definition) is 6. The summed E-state index contributed by atoms with van der Waals surface area (Å²) < 4.78 is 0. The molecule has 86 valence electrons. The van der Waals surface area contributed by atoms with Gasteiger partial charge in [0.05, 0.1) is 0 Å². The van der Waals surface area contributed by atoms with Crippen LogP contribution in [0.15, 0.2) is 0 Å². The van der Waals surface area contributed by atoms with Crippen molar-refractivity contribution in [3.05, 3.63) is 30.3 Å². The van der Waals surface area contributed by atoms with E-state index < -0.39 is 27.0 Å². The Kier molecular flexibility index (Phi) is 4.55. The van der Waals surface area contributed by atoms with E-state index >= 15 is 0 Å². The standard InChI is InChI=1S/C6H11N3O6/c1-2-3-4-5-6(7(10)11,8(12)13)9(14)15/h2-5H2,1H3. The second-order valence-electron chi connectivity index (χ2n) is 3.00. The second-order valence-corrected chi connectivity index (χ2v) is 3.00. The highest BCUT2D eigenvalue weighted by Gasteiger charge is 2.69. The van der Waals surface area contributed by atoms with Crippen LogP contribution < -0.4 is 0 Å². The molecule has 9 nitrogen and oxygen atoms in total. The maximum atomic E-state index is 10.4. The Labute approximate surface area is 84.5 Å². The lowest BCUT2D eigenvalue weighted by molar-refractivity contribution is -0.970. The normalized spacial score (nSPS) is 11.0. The van der Waals surface area contributed by atoms with Crippen molar-refractivity contribution in [1.82, 2.24) is 0 Å². The van der Waals surface area contributed by atoms with Crippen molar-refractivity contribution in [1.29, 1.82) is 0 Å². The highest BCUT2D eigenvalue weighted by atomic mass is 16.7. The summed E-state index contributed by atoms with van der Waals surface area (Å²) in [7, 11) is 0. The monoisotopic (exact) mass is 221 g/mol. The third kappa shape index (κ3) is 2.58. The predicted octanol–water partition coefficient (Wildman–Crippen LogP) is 1.05. The molecule has 0 unspecified atom stereocenters. The van der Waals surface area contributed by atoms with Crippen LogP contribution in [0.1, 0.15) is 32.6 Å². The Balaban J connectivity index is 4.90. The number of unbranched alkanes of at least 4 members (excludes halogenated alkanes) is 2. The summed E-state index contributed by atoms with van der Waals surface area (Å²) in [4.78, 5) is 26.9. The summed E-state index contributed by atoms with van der Waals surface area (Å²) in [6, 6.07) is 0. The van der Waals surface area contributed by atoms with Crippen LogP contribution in [-0.2, 0) is 0 Å². The third-order valence-electron chi connectivity index (χ3n) is 1.99. The lowest BCUT2D eigenvalue weighted by Crippen LogP contribution is -2.53. The SMILES string of the molecule is CCCCCC([N+](=O)[O-])([N+](=O)[O-])[N+](=O)[O-]. The average Bonchev–Trinajstić information content (AvgIpc) is 2.10. The van der Waals surface area contributed by atoms with Crippen LogP contribution in [0.4, 0.5) is 0 Å². The number of nitro groups is 3. The van der Waals surface area contributed by atoms with E-state index in [1.54, 1.807) is 6.92 Å². The number of rotatable bonds is 7. The number of hydrogen-bond donors (Lipinski definition) is 0. The molecule has 0 aliphatic rings. The van der Waals surface area contributed by atoms with E-state index in [-0.39, 0.29) is 6.42 Å². The van der Waals surface area contributed by atoms with Crippen LogP contribution in [0.3, 0.4) is 0 Å². The number of nitrogens with zero attached hydrogens (tertiary/aromatic N) is 3. The first kappa shape index (κ1) is 13.2. The molecular formula is C6H11N3O6. The van der Waals surface area contributed by atoms with Gasteiger partial charge in [-0.15, -0.1) is 0 Å². The van der Waals surface area contributed by atoms with Gasteiger partial charge in [0.1, 0.15) is 0 Å². The van der Waals surface area contributed by atoms with Crippen molar-refractivity contribution < 1.29 is 14.8 Å². The van der Waals surface area contributed by atoms with Crippen LogP contribution in [0.5, 0.6) is 0 Å². The van der Waals surface area contributed by atoms with Gasteiger partial charge in [0.2, 0.25) is 0 Å². The largest absolute Gasteiger partial charge is 0.699 e. The topological polar surface area (TPSA) is 129 Å². The van der Waals surface area contributed by atoms with E-state index in [1.165, 1.54) is 0 Å². The molecule has 0 bridgehead atoms. The van der Waals surface area contributed by atoms with Crippen molar-refractivity contribution in [3.63, 3.8) is 0 Å². The Hall–Kier alpha value is -1.80. The summed E-state index contributed by atoms with van der Waals surface area (Å²) >= 11 is 0. The average molecular weight is 221 g/mol. The van der Waals surface area contributed by atoms with E-state index in [0.29, 0.717) is 12.8 Å². The summed E-state index contributed by atoms with van der Waals surface area (Å²) in [5, 5.41) is 31.3. The maximum absolute atomic E-state index is 10.4. The molecule has 0 radical (unpaired) electrons. The minimum Gasteiger partial charge on any atom is -0.253 e. The van der Waals surface area contributed by atoms with Gasteiger partial charge in [-0.1, -0.05) is 19.8 Å². The van der Waals surface area contributed by atoms with Gasteiger partial charge in [0, 0.05) is 0 Å². The summed E-state index contributed by atoms with van der Waals surface area (Å²) in [6.45, 7) is 1.78. The zero-order valence-corrected chi connectivity index (χ0v) is 8.12. The van der Waals surface area contributed by atoms with E-state index in [9.17, 15) is 30.3 Å². The fourth-order valence-corrected chi connectivity index (χ4v) is 1.09. The fraction of sp³-hybridized carbons (Fsp3) is 1.00. The van der Waals surface area contributed by atoms with Crippen LogP contribution >= 0.6 is 0 Å². The molecule has 0 fully saturated rings. The zero-order valence-electron chi connectivity index (χ0n) is 8.12. The van der Waals surface area contributed by atoms with E-state index in [4.69, 9.17) is 0 Å². The molecule has 0 saturated carbocycles. The van der Waals surface area contributed by atoms with Crippen molar-refractivity contribution in [2.45, 2.75) is 38.4 Å². The highest BCUT2D eigenvalue weighted by Crippen LogP contribution is 2.20.